The lowest BCUT2D eigenvalue weighted by Gasteiger charge is -2.34. The fraction of sp³-hybridized carbons (Fsp3) is 0.381. The van der Waals surface area contributed by atoms with Gasteiger partial charge in [-0.3, -0.25) is 4.79 Å². The molecule has 2 fully saturated rings. The van der Waals surface area contributed by atoms with Gasteiger partial charge in [-0.25, -0.2) is 0 Å². The number of carbonyl (C=O) groups excluding carboxylic acids is 1. The molecule has 4 rings (SSSR count). The maximum Gasteiger partial charge on any atom is 0.228 e. The Kier molecular flexibility index (Phi) is 4.55. The second-order valence-electron chi connectivity index (χ2n) is 7.37. The SMILES string of the molecule is CN1CCN(c2ccc(NC(=O)C3CC3c3ccc(O)cc3)cc2)CC1. The third-order valence-electron chi connectivity index (χ3n) is 5.45. The Bertz CT molecular complexity index is 765. The average molecular weight is 351 g/mol. The molecule has 1 aliphatic carbocycles. The van der Waals surface area contributed by atoms with E-state index in [1.54, 1.807) is 12.1 Å². The maximum atomic E-state index is 12.5. The predicted molar refractivity (Wildman–Crippen MR) is 104 cm³/mol. The molecule has 1 amide bonds. The van der Waals surface area contributed by atoms with Gasteiger partial charge < -0.3 is 20.2 Å². The van der Waals surface area contributed by atoms with E-state index in [1.807, 2.05) is 24.3 Å². The van der Waals surface area contributed by atoms with E-state index < -0.39 is 0 Å². The number of nitrogens with zero attached hydrogens (tertiary/aromatic N) is 2. The van der Waals surface area contributed by atoms with Crippen LogP contribution in [0.5, 0.6) is 5.75 Å². The Morgan fingerprint density at radius 2 is 1.65 bits per heavy atom. The van der Waals surface area contributed by atoms with Crippen LogP contribution < -0.4 is 10.2 Å². The van der Waals surface area contributed by atoms with Crippen molar-refractivity contribution in [1.29, 1.82) is 0 Å². The number of nitrogens with one attached hydrogen (secondary N) is 1. The zero-order valence-electron chi connectivity index (χ0n) is 15.1. The van der Waals surface area contributed by atoms with Crippen LogP contribution in [0.2, 0.25) is 0 Å². The van der Waals surface area contributed by atoms with Gasteiger partial charge in [0.1, 0.15) is 5.75 Å². The second-order valence-corrected chi connectivity index (χ2v) is 7.37. The van der Waals surface area contributed by atoms with Crippen molar-refractivity contribution in [1.82, 2.24) is 4.90 Å². The molecule has 1 heterocycles. The summed E-state index contributed by atoms with van der Waals surface area (Å²) < 4.78 is 0. The number of carbonyl (C=O) groups is 1. The number of amides is 1. The minimum absolute atomic E-state index is 0.0249. The largest absolute Gasteiger partial charge is 0.508 e. The molecular weight excluding hydrogens is 326 g/mol. The van der Waals surface area contributed by atoms with Crippen molar-refractivity contribution < 1.29 is 9.90 Å². The number of phenolic OH excluding ortho intramolecular Hbond substituents is 1. The van der Waals surface area contributed by atoms with Crippen LogP contribution in [-0.2, 0) is 4.79 Å². The topological polar surface area (TPSA) is 55.8 Å². The van der Waals surface area contributed by atoms with E-state index in [2.05, 4.69) is 34.3 Å². The molecule has 26 heavy (non-hydrogen) atoms. The first-order chi connectivity index (χ1) is 12.6. The molecule has 2 N–H and O–H groups in total. The fourth-order valence-electron chi connectivity index (χ4n) is 3.63. The van der Waals surface area contributed by atoms with Crippen LogP contribution in [0.15, 0.2) is 48.5 Å². The van der Waals surface area contributed by atoms with Gasteiger partial charge in [0.25, 0.3) is 0 Å². The first-order valence-corrected chi connectivity index (χ1v) is 9.23. The van der Waals surface area contributed by atoms with E-state index in [1.165, 1.54) is 5.69 Å². The van der Waals surface area contributed by atoms with Gasteiger partial charge in [0.15, 0.2) is 0 Å². The highest BCUT2D eigenvalue weighted by atomic mass is 16.3. The van der Waals surface area contributed by atoms with Crippen molar-refractivity contribution in [3.05, 3.63) is 54.1 Å². The van der Waals surface area contributed by atoms with Crippen LogP contribution in [0.3, 0.4) is 0 Å². The summed E-state index contributed by atoms with van der Waals surface area (Å²) in [5.74, 6) is 0.628. The molecule has 0 aromatic heterocycles. The predicted octanol–water partition coefficient (Wildman–Crippen LogP) is 2.89. The van der Waals surface area contributed by atoms with Crippen LogP contribution in [0.25, 0.3) is 0 Å². The number of anilines is 2. The molecule has 0 spiro atoms. The van der Waals surface area contributed by atoms with E-state index in [9.17, 15) is 9.90 Å². The van der Waals surface area contributed by atoms with Crippen LogP contribution in [0.4, 0.5) is 11.4 Å². The quantitative estimate of drug-likeness (QED) is 0.889. The van der Waals surface area contributed by atoms with E-state index in [-0.39, 0.29) is 23.5 Å². The fourth-order valence-corrected chi connectivity index (χ4v) is 3.63. The van der Waals surface area contributed by atoms with Gasteiger partial charge in [0.2, 0.25) is 5.91 Å². The van der Waals surface area contributed by atoms with Crippen molar-refractivity contribution in [3.8, 4) is 5.75 Å². The third kappa shape index (κ3) is 3.68. The first-order valence-electron chi connectivity index (χ1n) is 9.23. The zero-order valence-corrected chi connectivity index (χ0v) is 15.1. The minimum Gasteiger partial charge on any atom is -0.508 e. The van der Waals surface area contributed by atoms with E-state index in [0.717, 1.165) is 43.9 Å². The smallest absolute Gasteiger partial charge is 0.228 e. The molecule has 0 bridgehead atoms. The molecule has 136 valence electrons. The van der Waals surface area contributed by atoms with Crippen molar-refractivity contribution in [2.45, 2.75) is 12.3 Å². The molecule has 1 saturated carbocycles. The van der Waals surface area contributed by atoms with Crippen LogP contribution >= 0.6 is 0 Å². The van der Waals surface area contributed by atoms with Crippen LogP contribution in [-0.4, -0.2) is 49.1 Å². The third-order valence-corrected chi connectivity index (χ3v) is 5.45. The number of likely N-dealkylation sites (N-methyl/N-ethyl adjacent to an activating group) is 1. The standard InChI is InChI=1S/C21H25N3O2/c1-23-10-12-24(13-11-23)17-6-4-16(5-7-17)22-21(26)20-14-19(20)15-2-8-18(25)9-3-15/h2-9,19-20,25H,10-14H2,1H3,(H,22,26). The van der Waals surface area contributed by atoms with Gasteiger partial charge in [-0.05, 0) is 61.3 Å². The van der Waals surface area contributed by atoms with Crippen molar-refractivity contribution in [2.75, 3.05) is 43.4 Å². The number of benzene rings is 2. The van der Waals surface area contributed by atoms with Crippen LogP contribution in [0, 0.1) is 5.92 Å². The number of hydrogen-bond acceptors (Lipinski definition) is 4. The Balaban J connectivity index is 1.33. The van der Waals surface area contributed by atoms with E-state index >= 15 is 0 Å². The van der Waals surface area contributed by atoms with E-state index in [4.69, 9.17) is 0 Å². The zero-order chi connectivity index (χ0) is 18.1. The second kappa shape index (κ2) is 7.00. The van der Waals surface area contributed by atoms with Gasteiger partial charge in [-0.15, -0.1) is 0 Å². The lowest BCUT2D eigenvalue weighted by Crippen LogP contribution is -2.44. The monoisotopic (exact) mass is 351 g/mol. The van der Waals surface area contributed by atoms with Gasteiger partial charge in [0.05, 0.1) is 0 Å². The molecular formula is C21H25N3O2. The molecule has 5 nitrogen and oxygen atoms in total. The molecule has 2 aliphatic rings. The summed E-state index contributed by atoms with van der Waals surface area (Å²) in [6.45, 7) is 4.24. The number of hydrogen-bond donors (Lipinski definition) is 2. The summed E-state index contributed by atoms with van der Waals surface area (Å²) in [4.78, 5) is 17.2. The Hall–Kier alpha value is -2.53. The highest BCUT2D eigenvalue weighted by Crippen LogP contribution is 2.48. The summed E-state index contributed by atoms with van der Waals surface area (Å²) in [6, 6.07) is 15.3. The Labute approximate surface area is 154 Å². The Morgan fingerprint density at radius 1 is 1.00 bits per heavy atom. The molecule has 5 heteroatoms. The van der Waals surface area contributed by atoms with Crippen molar-refractivity contribution >= 4 is 17.3 Å². The Morgan fingerprint density at radius 3 is 2.31 bits per heavy atom. The highest BCUT2D eigenvalue weighted by Gasteiger charge is 2.43. The molecule has 0 radical (unpaired) electrons. The minimum atomic E-state index is 0.0249. The molecule has 2 unspecified atom stereocenters. The van der Waals surface area contributed by atoms with E-state index in [0.29, 0.717) is 0 Å². The lowest BCUT2D eigenvalue weighted by molar-refractivity contribution is -0.117. The summed E-state index contributed by atoms with van der Waals surface area (Å²) in [6.07, 6.45) is 0.871. The summed E-state index contributed by atoms with van der Waals surface area (Å²) in [7, 11) is 2.15. The molecule has 2 atom stereocenters. The highest BCUT2D eigenvalue weighted by molar-refractivity contribution is 5.95. The number of aromatic hydroxyl groups is 1. The maximum absolute atomic E-state index is 12.5. The number of piperazine rings is 1. The summed E-state index contributed by atoms with van der Waals surface area (Å²) in [5, 5.41) is 12.4. The lowest BCUT2D eigenvalue weighted by atomic mass is 10.1. The van der Waals surface area contributed by atoms with Crippen molar-refractivity contribution in [3.63, 3.8) is 0 Å². The summed E-state index contributed by atoms with van der Waals surface area (Å²) in [5.41, 5.74) is 3.18. The van der Waals surface area contributed by atoms with Gasteiger partial charge in [-0.2, -0.15) is 0 Å². The molecule has 1 aliphatic heterocycles. The van der Waals surface area contributed by atoms with Crippen molar-refractivity contribution in [2.24, 2.45) is 5.92 Å². The molecule has 2 aromatic rings. The van der Waals surface area contributed by atoms with Gasteiger partial charge >= 0.3 is 0 Å². The normalized spacial score (nSPS) is 22.9. The number of phenols is 1. The molecule has 1 saturated heterocycles. The molecule has 2 aromatic carbocycles. The summed E-state index contributed by atoms with van der Waals surface area (Å²) >= 11 is 0. The average Bonchev–Trinajstić information content (AvgIpc) is 3.45. The van der Waals surface area contributed by atoms with Crippen LogP contribution in [0.1, 0.15) is 17.9 Å². The first kappa shape index (κ1) is 16.9. The van der Waals surface area contributed by atoms with Gasteiger partial charge in [-0.1, -0.05) is 12.1 Å². The number of rotatable bonds is 4. The van der Waals surface area contributed by atoms with Gasteiger partial charge in [0, 0.05) is 43.5 Å².